The van der Waals surface area contributed by atoms with Crippen molar-refractivity contribution in [2.75, 3.05) is 26.8 Å². The van der Waals surface area contributed by atoms with Gasteiger partial charge in [0.2, 0.25) is 5.91 Å². The minimum Gasteiger partial charge on any atom is -0.383 e. The predicted molar refractivity (Wildman–Crippen MR) is 93.9 cm³/mol. The average Bonchev–Trinajstić information content (AvgIpc) is 3.29. The van der Waals surface area contributed by atoms with E-state index in [2.05, 4.69) is 14.5 Å². The molecule has 5 heteroatoms. The van der Waals surface area contributed by atoms with Crippen LogP contribution in [0.4, 0.5) is 0 Å². The van der Waals surface area contributed by atoms with Gasteiger partial charge in [0, 0.05) is 51.5 Å². The van der Waals surface area contributed by atoms with Gasteiger partial charge in [0.05, 0.1) is 6.61 Å². The van der Waals surface area contributed by atoms with E-state index in [1.54, 1.807) is 7.11 Å². The lowest BCUT2D eigenvalue weighted by Crippen LogP contribution is -2.38. The van der Waals surface area contributed by atoms with Crippen LogP contribution in [0.2, 0.25) is 0 Å². The van der Waals surface area contributed by atoms with Crippen molar-refractivity contribution in [3.8, 4) is 0 Å². The Morgan fingerprint density at radius 2 is 2.00 bits per heavy atom. The van der Waals surface area contributed by atoms with Crippen LogP contribution in [0.15, 0.2) is 12.4 Å². The number of nitrogens with zero attached hydrogens (tertiary/aromatic N) is 3. The first kappa shape index (κ1) is 17.5. The molecule has 0 radical (unpaired) electrons. The van der Waals surface area contributed by atoms with Gasteiger partial charge in [0.1, 0.15) is 5.82 Å². The highest BCUT2D eigenvalue weighted by Crippen LogP contribution is 2.30. The van der Waals surface area contributed by atoms with E-state index in [1.165, 1.54) is 25.7 Å². The Hall–Kier alpha value is -1.36. The van der Waals surface area contributed by atoms with Crippen molar-refractivity contribution in [1.82, 2.24) is 14.5 Å². The summed E-state index contributed by atoms with van der Waals surface area (Å²) in [5.41, 5.74) is 0. The van der Waals surface area contributed by atoms with Gasteiger partial charge in [-0.05, 0) is 25.2 Å². The second-order valence-electron chi connectivity index (χ2n) is 7.32. The predicted octanol–water partition coefficient (Wildman–Crippen LogP) is 3.21. The van der Waals surface area contributed by atoms with Gasteiger partial charge in [-0.1, -0.05) is 25.7 Å². The maximum Gasteiger partial charge on any atom is 0.222 e. The van der Waals surface area contributed by atoms with Crippen molar-refractivity contribution in [2.45, 2.75) is 63.8 Å². The molecule has 0 aromatic carbocycles. The maximum absolute atomic E-state index is 12.4. The summed E-state index contributed by atoms with van der Waals surface area (Å²) >= 11 is 0. The fourth-order valence-electron chi connectivity index (χ4n) is 4.23. The van der Waals surface area contributed by atoms with Gasteiger partial charge >= 0.3 is 0 Å². The molecule has 1 aliphatic carbocycles. The second-order valence-corrected chi connectivity index (χ2v) is 7.32. The molecule has 0 bridgehead atoms. The number of rotatable bonds is 7. The Morgan fingerprint density at radius 3 is 2.71 bits per heavy atom. The standard InChI is InChI=1S/C19H31N3O2/c1-24-15-14-22-13-10-20-19(22)17-8-11-21(12-9-17)18(23)7-6-16-4-2-3-5-16/h10,13,16-17H,2-9,11-12,14-15H2,1H3. The number of carbonyl (C=O) groups is 1. The number of methoxy groups -OCH3 is 1. The molecule has 0 unspecified atom stereocenters. The largest absolute Gasteiger partial charge is 0.383 e. The van der Waals surface area contributed by atoms with E-state index in [-0.39, 0.29) is 0 Å². The van der Waals surface area contributed by atoms with E-state index >= 15 is 0 Å². The van der Waals surface area contributed by atoms with Gasteiger partial charge in [-0.15, -0.1) is 0 Å². The Labute approximate surface area is 145 Å². The van der Waals surface area contributed by atoms with Crippen LogP contribution in [0, 0.1) is 5.92 Å². The summed E-state index contributed by atoms with van der Waals surface area (Å²) in [5, 5.41) is 0. The molecule has 0 N–H and O–H groups in total. The van der Waals surface area contributed by atoms with E-state index in [0.717, 1.165) is 57.1 Å². The summed E-state index contributed by atoms with van der Waals surface area (Å²) in [6, 6.07) is 0. The van der Waals surface area contributed by atoms with Crippen molar-refractivity contribution in [3.05, 3.63) is 18.2 Å². The lowest BCUT2D eigenvalue weighted by molar-refractivity contribution is -0.132. The van der Waals surface area contributed by atoms with E-state index in [1.807, 2.05) is 12.4 Å². The highest BCUT2D eigenvalue weighted by Gasteiger charge is 2.26. The summed E-state index contributed by atoms with van der Waals surface area (Å²) < 4.78 is 7.37. The molecule has 2 heterocycles. The molecule has 1 saturated heterocycles. The number of likely N-dealkylation sites (tertiary alicyclic amines) is 1. The molecule has 2 fully saturated rings. The van der Waals surface area contributed by atoms with Crippen LogP contribution >= 0.6 is 0 Å². The molecule has 1 aromatic heterocycles. The first-order valence-corrected chi connectivity index (χ1v) is 9.55. The van der Waals surface area contributed by atoms with Crippen molar-refractivity contribution < 1.29 is 9.53 Å². The topological polar surface area (TPSA) is 47.4 Å². The Bertz CT molecular complexity index is 514. The number of hydrogen-bond donors (Lipinski definition) is 0. The number of carbonyl (C=O) groups excluding carboxylic acids is 1. The number of ether oxygens (including phenoxy) is 1. The summed E-state index contributed by atoms with van der Waals surface area (Å²) in [4.78, 5) is 19.1. The molecule has 134 valence electrons. The Kier molecular flexibility index (Phi) is 6.30. The van der Waals surface area contributed by atoms with Gasteiger partial charge < -0.3 is 14.2 Å². The number of aromatic nitrogens is 2. The van der Waals surface area contributed by atoms with E-state index in [9.17, 15) is 4.79 Å². The molecule has 3 rings (SSSR count). The van der Waals surface area contributed by atoms with Crippen molar-refractivity contribution in [3.63, 3.8) is 0 Å². The monoisotopic (exact) mass is 333 g/mol. The molecule has 2 aliphatic rings. The molecule has 1 aromatic rings. The third kappa shape index (κ3) is 4.38. The zero-order chi connectivity index (χ0) is 16.8. The number of imidazole rings is 1. The highest BCUT2D eigenvalue weighted by molar-refractivity contribution is 5.76. The SMILES string of the molecule is COCCn1ccnc1C1CCN(C(=O)CCC2CCCC2)CC1. The van der Waals surface area contributed by atoms with Crippen LogP contribution in [-0.2, 0) is 16.1 Å². The van der Waals surface area contributed by atoms with Crippen LogP contribution in [0.1, 0.15) is 63.1 Å². The molecule has 0 spiro atoms. The summed E-state index contributed by atoms with van der Waals surface area (Å²) in [6.45, 7) is 3.32. The lowest BCUT2D eigenvalue weighted by atomic mass is 9.95. The summed E-state index contributed by atoms with van der Waals surface area (Å²) in [5.74, 6) is 2.80. The maximum atomic E-state index is 12.4. The zero-order valence-corrected chi connectivity index (χ0v) is 15.0. The molecule has 5 nitrogen and oxygen atoms in total. The number of hydrogen-bond acceptors (Lipinski definition) is 3. The average molecular weight is 333 g/mol. The molecule has 1 amide bonds. The van der Waals surface area contributed by atoms with Gasteiger partial charge in [-0.3, -0.25) is 4.79 Å². The Balaban J connectivity index is 1.45. The highest BCUT2D eigenvalue weighted by atomic mass is 16.5. The van der Waals surface area contributed by atoms with Crippen LogP contribution < -0.4 is 0 Å². The Morgan fingerprint density at radius 1 is 1.25 bits per heavy atom. The molecule has 1 saturated carbocycles. The van der Waals surface area contributed by atoms with Crippen LogP contribution in [0.3, 0.4) is 0 Å². The third-order valence-corrected chi connectivity index (χ3v) is 5.74. The summed E-state index contributed by atoms with van der Waals surface area (Å²) in [7, 11) is 1.73. The smallest absolute Gasteiger partial charge is 0.222 e. The first-order chi connectivity index (χ1) is 11.8. The van der Waals surface area contributed by atoms with Crippen LogP contribution in [0.25, 0.3) is 0 Å². The fraction of sp³-hybridized carbons (Fsp3) is 0.789. The van der Waals surface area contributed by atoms with Crippen molar-refractivity contribution in [1.29, 1.82) is 0 Å². The minimum atomic E-state index is 0.364. The van der Waals surface area contributed by atoms with Crippen molar-refractivity contribution in [2.24, 2.45) is 5.92 Å². The number of piperidine rings is 1. The lowest BCUT2D eigenvalue weighted by Gasteiger charge is -2.32. The van der Waals surface area contributed by atoms with E-state index < -0.39 is 0 Å². The third-order valence-electron chi connectivity index (χ3n) is 5.74. The van der Waals surface area contributed by atoms with Crippen LogP contribution in [0.5, 0.6) is 0 Å². The fourth-order valence-corrected chi connectivity index (χ4v) is 4.23. The second kappa shape index (κ2) is 8.65. The molecular weight excluding hydrogens is 302 g/mol. The summed E-state index contributed by atoms with van der Waals surface area (Å²) in [6.07, 6.45) is 13.2. The molecule has 0 atom stereocenters. The van der Waals surface area contributed by atoms with Gasteiger partial charge in [-0.25, -0.2) is 4.98 Å². The number of amides is 1. The quantitative estimate of drug-likeness (QED) is 0.770. The van der Waals surface area contributed by atoms with Crippen molar-refractivity contribution >= 4 is 5.91 Å². The molecule has 1 aliphatic heterocycles. The first-order valence-electron chi connectivity index (χ1n) is 9.55. The van der Waals surface area contributed by atoms with Gasteiger partial charge in [0.15, 0.2) is 0 Å². The molecule has 24 heavy (non-hydrogen) atoms. The molecular formula is C19H31N3O2. The van der Waals surface area contributed by atoms with Gasteiger partial charge in [-0.2, -0.15) is 0 Å². The minimum absolute atomic E-state index is 0.364. The van der Waals surface area contributed by atoms with E-state index in [4.69, 9.17) is 4.74 Å². The van der Waals surface area contributed by atoms with Crippen LogP contribution in [-0.4, -0.2) is 47.2 Å². The normalized spacial score (nSPS) is 20.0. The van der Waals surface area contributed by atoms with E-state index in [0.29, 0.717) is 18.4 Å². The van der Waals surface area contributed by atoms with Gasteiger partial charge in [0.25, 0.3) is 0 Å². The zero-order valence-electron chi connectivity index (χ0n) is 15.0.